The lowest BCUT2D eigenvalue weighted by atomic mass is 10.0. The number of hydrogen-bond acceptors (Lipinski definition) is 7. The van der Waals surface area contributed by atoms with Crippen molar-refractivity contribution in [3.8, 4) is 11.5 Å². The number of aliphatic hydroxyl groups is 1. The summed E-state index contributed by atoms with van der Waals surface area (Å²) in [6.07, 6.45) is 0.989. The monoisotopic (exact) mass is 475 g/mol. The normalized spacial score (nSPS) is 18.4. The number of amides is 2. The Labute approximate surface area is 203 Å². The van der Waals surface area contributed by atoms with Crippen LogP contribution in [-0.4, -0.2) is 69.7 Å². The molecule has 2 aromatic carbocycles. The second kappa shape index (κ2) is 9.59. The minimum absolute atomic E-state index is 0.0234. The number of rotatable bonds is 7. The molecule has 1 fully saturated rings. The molecule has 3 heterocycles. The second-order valence-corrected chi connectivity index (χ2v) is 9.37. The first kappa shape index (κ1) is 23.2. The zero-order valence-corrected chi connectivity index (χ0v) is 19.9. The third-order valence-electron chi connectivity index (χ3n) is 6.74. The fourth-order valence-corrected chi connectivity index (χ4v) is 4.81. The number of fused-ring (bicyclic) bond motifs is 1. The van der Waals surface area contributed by atoms with Crippen LogP contribution in [0.5, 0.6) is 0 Å². The van der Waals surface area contributed by atoms with Crippen molar-refractivity contribution in [3.05, 3.63) is 65.0 Å². The van der Waals surface area contributed by atoms with Gasteiger partial charge in [-0.05, 0) is 41.3 Å². The number of likely N-dealkylation sites (tertiary alicyclic amines) is 1. The number of aliphatic hydroxyl groups excluding tert-OH is 1. The summed E-state index contributed by atoms with van der Waals surface area (Å²) in [6.45, 7) is 3.73. The fourth-order valence-electron chi connectivity index (χ4n) is 4.81. The van der Waals surface area contributed by atoms with Gasteiger partial charge in [0.15, 0.2) is 0 Å². The molecular formula is C26H29N5O4. The Bertz CT molecular complexity index is 1260. The number of carbonyl (C=O) groups excluding carboxylic acids is 2. The smallest absolute Gasteiger partial charge is 0.247 e. The third kappa shape index (κ3) is 5.11. The Hall–Kier alpha value is -3.56. The molecule has 1 aromatic heterocycles. The van der Waals surface area contributed by atoms with Crippen LogP contribution in [0.1, 0.15) is 35.0 Å². The van der Waals surface area contributed by atoms with Gasteiger partial charge in [-0.15, -0.1) is 10.2 Å². The maximum absolute atomic E-state index is 13.4. The number of hydrogen-bond donors (Lipinski definition) is 2. The van der Waals surface area contributed by atoms with E-state index in [2.05, 4.69) is 20.4 Å². The van der Waals surface area contributed by atoms with E-state index >= 15 is 0 Å². The molecule has 0 radical (unpaired) electrons. The van der Waals surface area contributed by atoms with Crippen molar-refractivity contribution in [2.75, 3.05) is 32.0 Å². The van der Waals surface area contributed by atoms with Crippen LogP contribution in [0.2, 0.25) is 0 Å². The Morgan fingerprint density at radius 1 is 1.29 bits per heavy atom. The zero-order valence-electron chi connectivity index (χ0n) is 19.9. The molecule has 3 aromatic rings. The number of nitrogens with zero attached hydrogens (tertiary/aromatic N) is 4. The first-order valence-corrected chi connectivity index (χ1v) is 11.8. The van der Waals surface area contributed by atoms with Gasteiger partial charge in [0.25, 0.3) is 0 Å². The van der Waals surface area contributed by atoms with Crippen LogP contribution in [0.4, 0.5) is 5.69 Å². The number of aromatic nitrogens is 2. The van der Waals surface area contributed by atoms with Crippen molar-refractivity contribution in [1.29, 1.82) is 0 Å². The first-order chi connectivity index (χ1) is 16.9. The number of β-amino-alcohol motifs (C(OH)–C–C–N with tert-alkyl or cyclic N) is 1. The topological polar surface area (TPSA) is 112 Å². The lowest BCUT2D eigenvalue weighted by molar-refractivity contribution is -0.131. The molecule has 9 heteroatoms. The van der Waals surface area contributed by atoms with E-state index in [0.717, 1.165) is 40.9 Å². The van der Waals surface area contributed by atoms with E-state index in [4.69, 9.17) is 4.42 Å². The van der Waals surface area contributed by atoms with Crippen molar-refractivity contribution < 1.29 is 19.1 Å². The van der Waals surface area contributed by atoms with Gasteiger partial charge in [-0.1, -0.05) is 24.3 Å². The molecule has 182 valence electrons. The van der Waals surface area contributed by atoms with Gasteiger partial charge in [-0.3, -0.25) is 14.5 Å². The van der Waals surface area contributed by atoms with E-state index in [1.807, 2.05) is 49.5 Å². The lowest BCUT2D eigenvalue weighted by Gasteiger charge is -2.32. The molecule has 0 saturated carbocycles. The fraction of sp³-hybridized carbons (Fsp3) is 0.385. The molecule has 2 N–H and O–H groups in total. The molecule has 0 aliphatic carbocycles. The molecule has 2 amide bonds. The van der Waals surface area contributed by atoms with E-state index in [-0.39, 0.29) is 30.4 Å². The van der Waals surface area contributed by atoms with Crippen LogP contribution < -0.4 is 5.32 Å². The molecule has 1 unspecified atom stereocenters. The van der Waals surface area contributed by atoms with Gasteiger partial charge in [0.05, 0.1) is 25.0 Å². The average Bonchev–Trinajstić information content (AvgIpc) is 3.56. The van der Waals surface area contributed by atoms with Gasteiger partial charge in [0, 0.05) is 44.9 Å². The van der Waals surface area contributed by atoms with Gasteiger partial charge < -0.3 is 19.7 Å². The Kier molecular flexibility index (Phi) is 6.36. The van der Waals surface area contributed by atoms with E-state index in [9.17, 15) is 14.7 Å². The molecule has 35 heavy (non-hydrogen) atoms. The second-order valence-electron chi connectivity index (χ2n) is 9.37. The number of carbonyl (C=O) groups is 2. The Balaban J connectivity index is 1.39. The maximum atomic E-state index is 13.4. The SMILES string of the molecule is Cc1nnc(-c2cccc(C(CN3CC[C@H](O)C3)N(C)C(=O)Cc3ccc4c(c3)NC(=O)C4)c2)o1. The molecule has 2 atom stereocenters. The van der Waals surface area contributed by atoms with Crippen molar-refractivity contribution >= 4 is 17.5 Å². The third-order valence-corrected chi connectivity index (χ3v) is 6.74. The standard InChI is InChI=1S/C26H29N5O4/c1-16-28-29-26(35-16)20-5-3-4-19(12-20)23(15-31-9-8-21(32)14-31)30(2)25(34)11-17-6-7-18-13-24(33)27-22(18)10-17/h3-7,10,12,21,23,32H,8-9,11,13-15H2,1-2H3,(H,27,33)/t21-,23?/m0/s1. The van der Waals surface area contributed by atoms with Crippen LogP contribution in [0, 0.1) is 6.92 Å². The molecule has 2 aliphatic rings. The summed E-state index contributed by atoms with van der Waals surface area (Å²) >= 11 is 0. The van der Waals surface area contributed by atoms with Crippen LogP contribution in [0.3, 0.4) is 0 Å². The van der Waals surface area contributed by atoms with Gasteiger partial charge >= 0.3 is 0 Å². The summed E-state index contributed by atoms with van der Waals surface area (Å²) in [5, 5.41) is 20.9. The molecule has 0 bridgehead atoms. The van der Waals surface area contributed by atoms with Crippen molar-refractivity contribution in [2.45, 2.75) is 38.3 Å². The average molecular weight is 476 g/mol. The molecule has 0 spiro atoms. The molecule has 9 nitrogen and oxygen atoms in total. The van der Waals surface area contributed by atoms with E-state index in [1.165, 1.54) is 0 Å². The van der Waals surface area contributed by atoms with E-state index in [1.54, 1.807) is 11.8 Å². The van der Waals surface area contributed by atoms with Crippen LogP contribution in [-0.2, 0) is 22.4 Å². The number of nitrogens with one attached hydrogen (secondary N) is 1. The van der Waals surface area contributed by atoms with Gasteiger partial charge in [-0.25, -0.2) is 0 Å². The molecular weight excluding hydrogens is 446 g/mol. The van der Waals surface area contributed by atoms with Crippen LogP contribution in [0.15, 0.2) is 46.9 Å². The number of benzene rings is 2. The van der Waals surface area contributed by atoms with Crippen molar-refractivity contribution in [2.24, 2.45) is 0 Å². The lowest BCUT2D eigenvalue weighted by Crippen LogP contribution is -2.39. The summed E-state index contributed by atoms with van der Waals surface area (Å²) in [6, 6.07) is 13.3. The predicted octanol–water partition coefficient (Wildman–Crippen LogP) is 2.35. The van der Waals surface area contributed by atoms with E-state index < -0.39 is 0 Å². The first-order valence-electron chi connectivity index (χ1n) is 11.8. The van der Waals surface area contributed by atoms with Gasteiger partial charge in [-0.2, -0.15) is 0 Å². The van der Waals surface area contributed by atoms with Gasteiger partial charge in [0.2, 0.25) is 23.6 Å². The maximum Gasteiger partial charge on any atom is 0.247 e. The summed E-state index contributed by atoms with van der Waals surface area (Å²) in [5.74, 6) is 0.877. The van der Waals surface area contributed by atoms with Crippen molar-refractivity contribution in [1.82, 2.24) is 20.0 Å². The number of anilines is 1. The van der Waals surface area contributed by atoms with Gasteiger partial charge in [0.1, 0.15) is 0 Å². The van der Waals surface area contributed by atoms with E-state index in [0.29, 0.717) is 31.3 Å². The highest BCUT2D eigenvalue weighted by Gasteiger charge is 2.29. The van der Waals surface area contributed by atoms with Crippen molar-refractivity contribution in [3.63, 3.8) is 0 Å². The minimum atomic E-state index is -0.342. The Morgan fingerprint density at radius 2 is 2.14 bits per heavy atom. The van der Waals surface area contributed by atoms with Crippen LogP contribution in [0.25, 0.3) is 11.5 Å². The summed E-state index contributed by atoms with van der Waals surface area (Å²) in [7, 11) is 1.82. The highest BCUT2D eigenvalue weighted by Crippen LogP contribution is 2.29. The Morgan fingerprint density at radius 3 is 2.89 bits per heavy atom. The summed E-state index contributed by atoms with van der Waals surface area (Å²) in [5.41, 5.74) is 4.35. The molecule has 2 aliphatic heterocycles. The highest BCUT2D eigenvalue weighted by molar-refractivity contribution is 5.99. The summed E-state index contributed by atoms with van der Waals surface area (Å²) < 4.78 is 5.61. The quantitative estimate of drug-likeness (QED) is 0.539. The number of aryl methyl sites for hydroxylation is 1. The number of likely N-dealkylation sites (N-methyl/N-ethyl adjacent to an activating group) is 1. The zero-order chi connectivity index (χ0) is 24.5. The summed E-state index contributed by atoms with van der Waals surface area (Å²) in [4.78, 5) is 29.1. The molecule has 5 rings (SSSR count). The predicted molar refractivity (Wildman–Crippen MR) is 130 cm³/mol. The minimum Gasteiger partial charge on any atom is -0.421 e. The highest BCUT2D eigenvalue weighted by atomic mass is 16.4. The molecule has 1 saturated heterocycles. The van der Waals surface area contributed by atoms with Crippen LogP contribution >= 0.6 is 0 Å². The largest absolute Gasteiger partial charge is 0.421 e.